The predicted molar refractivity (Wildman–Crippen MR) is 142 cm³/mol. The summed E-state index contributed by atoms with van der Waals surface area (Å²) >= 11 is 0. The van der Waals surface area contributed by atoms with Gasteiger partial charge in [0, 0.05) is 17.5 Å². The number of rotatable bonds is 15. The van der Waals surface area contributed by atoms with Crippen molar-refractivity contribution in [1.29, 1.82) is 0 Å². The minimum atomic E-state index is -4.33. The average molecular weight is 552 g/mol. The maximum Gasteiger partial charge on any atom is 0.266 e. The van der Waals surface area contributed by atoms with Crippen LogP contribution in [0.25, 0.3) is 0 Å². The molecular formula is C22H37N3O7S3. The third-order valence-corrected chi connectivity index (χ3v) is 7.66. The summed E-state index contributed by atoms with van der Waals surface area (Å²) in [5.41, 5.74) is 8.52. The van der Waals surface area contributed by atoms with E-state index in [1.54, 1.807) is 21.6 Å². The Morgan fingerprint density at radius 1 is 1.17 bits per heavy atom. The molecule has 1 rings (SSSR count). The molecule has 0 aromatic heterocycles. The van der Waals surface area contributed by atoms with Gasteiger partial charge in [0.05, 0.1) is 25.6 Å². The normalized spacial score (nSPS) is 13.8. The summed E-state index contributed by atoms with van der Waals surface area (Å²) in [6.45, 7) is 9.17. The van der Waals surface area contributed by atoms with Gasteiger partial charge >= 0.3 is 0 Å². The molecule has 35 heavy (non-hydrogen) atoms. The number of ether oxygens (including phenoxy) is 2. The van der Waals surface area contributed by atoms with Crippen molar-refractivity contribution in [1.82, 2.24) is 5.32 Å². The van der Waals surface area contributed by atoms with E-state index >= 15 is 0 Å². The summed E-state index contributed by atoms with van der Waals surface area (Å²) in [4.78, 5) is 23.9. The van der Waals surface area contributed by atoms with E-state index in [1.807, 2.05) is 18.4 Å². The SMILES string of the molecule is CSSC(C)c1cc(NC(=O)COCCOCCNC(=O)C(N)CS(=O)(=O)O)ccc1C(C)(C)C. The Labute approximate surface area is 216 Å². The van der Waals surface area contributed by atoms with Gasteiger partial charge in [0.15, 0.2) is 0 Å². The Hall–Kier alpha value is -1.35. The molecule has 0 aliphatic carbocycles. The molecule has 0 fully saturated rings. The van der Waals surface area contributed by atoms with E-state index in [0.29, 0.717) is 5.69 Å². The standard InChI is InChI=1S/C22H37N3O7S3/c1-15(34-33-5)17-12-16(6-7-18(17)22(2,3)4)25-20(26)13-32-11-10-31-9-8-24-21(27)19(23)14-35(28,29)30/h6-7,12,15,19H,8-11,13-14,23H2,1-5H3,(H,24,27)(H,25,26)(H,28,29,30). The molecule has 0 aliphatic rings. The van der Waals surface area contributed by atoms with Crippen molar-refractivity contribution >= 4 is 49.2 Å². The van der Waals surface area contributed by atoms with Crippen molar-refractivity contribution in [2.75, 3.05) is 50.3 Å². The third kappa shape index (κ3) is 13.0. The van der Waals surface area contributed by atoms with Gasteiger partial charge in [-0.1, -0.05) is 48.4 Å². The molecule has 0 saturated heterocycles. The monoisotopic (exact) mass is 551 g/mol. The lowest BCUT2D eigenvalue weighted by atomic mass is 9.83. The molecule has 13 heteroatoms. The topological polar surface area (TPSA) is 157 Å². The number of carbonyl (C=O) groups is 2. The van der Waals surface area contributed by atoms with Crippen LogP contribution in [0.15, 0.2) is 18.2 Å². The Balaban J connectivity index is 2.36. The molecule has 10 nitrogen and oxygen atoms in total. The fourth-order valence-electron chi connectivity index (χ4n) is 3.12. The number of anilines is 1. The van der Waals surface area contributed by atoms with Gasteiger partial charge in [-0.2, -0.15) is 8.42 Å². The second kappa shape index (κ2) is 15.0. The van der Waals surface area contributed by atoms with Crippen LogP contribution < -0.4 is 16.4 Å². The lowest BCUT2D eigenvalue weighted by molar-refractivity contribution is -0.123. The van der Waals surface area contributed by atoms with Crippen LogP contribution >= 0.6 is 21.6 Å². The first-order chi connectivity index (χ1) is 16.2. The largest absolute Gasteiger partial charge is 0.377 e. The summed E-state index contributed by atoms with van der Waals surface area (Å²) in [6, 6.07) is 4.62. The quantitative estimate of drug-likeness (QED) is 0.145. The maximum atomic E-state index is 12.3. The lowest BCUT2D eigenvalue weighted by Crippen LogP contribution is -2.45. The number of hydrogen-bond acceptors (Lipinski definition) is 9. The zero-order chi connectivity index (χ0) is 26.6. The van der Waals surface area contributed by atoms with E-state index in [4.69, 9.17) is 19.8 Å². The van der Waals surface area contributed by atoms with Crippen LogP contribution in [0, 0.1) is 0 Å². The number of amides is 2. The molecule has 0 heterocycles. The van der Waals surface area contributed by atoms with E-state index in [2.05, 4.69) is 44.4 Å². The van der Waals surface area contributed by atoms with Crippen LogP contribution in [0.3, 0.4) is 0 Å². The zero-order valence-corrected chi connectivity index (χ0v) is 23.3. The highest BCUT2D eigenvalue weighted by atomic mass is 33.1. The van der Waals surface area contributed by atoms with Crippen molar-refractivity contribution in [3.8, 4) is 0 Å². The van der Waals surface area contributed by atoms with Gasteiger partial charge < -0.3 is 25.8 Å². The summed E-state index contributed by atoms with van der Waals surface area (Å²) < 4.78 is 40.7. The highest BCUT2D eigenvalue weighted by molar-refractivity contribution is 8.76. The summed E-state index contributed by atoms with van der Waals surface area (Å²) in [6.07, 6.45) is 2.05. The molecule has 1 aromatic carbocycles. The van der Waals surface area contributed by atoms with Gasteiger partial charge in [-0.25, -0.2) is 0 Å². The van der Waals surface area contributed by atoms with E-state index in [0.717, 1.165) is 0 Å². The first-order valence-electron chi connectivity index (χ1n) is 11.0. The summed E-state index contributed by atoms with van der Waals surface area (Å²) in [7, 11) is -0.843. The average Bonchev–Trinajstić information content (AvgIpc) is 2.73. The Kier molecular flexibility index (Phi) is 13.6. The van der Waals surface area contributed by atoms with Crippen LogP contribution in [-0.4, -0.2) is 75.8 Å². The second-order valence-electron chi connectivity index (χ2n) is 8.82. The minimum Gasteiger partial charge on any atom is -0.377 e. The second-order valence-corrected chi connectivity index (χ2v) is 13.1. The molecule has 1 aromatic rings. The number of carbonyl (C=O) groups excluding carboxylic acids is 2. The van der Waals surface area contributed by atoms with Crippen LogP contribution in [0.2, 0.25) is 0 Å². The Morgan fingerprint density at radius 2 is 1.83 bits per heavy atom. The van der Waals surface area contributed by atoms with E-state index in [9.17, 15) is 18.0 Å². The molecule has 200 valence electrons. The molecular weight excluding hydrogens is 514 g/mol. The molecule has 2 atom stereocenters. The zero-order valence-electron chi connectivity index (χ0n) is 20.8. The Bertz CT molecular complexity index is 937. The Morgan fingerprint density at radius 3 is 2.43 bits per heavy atom. The highest BCUT2D eigenvalue weighted by Gasteiger charge is 2.22. The number of nitrogens with one attached hydrogen (secondary N) is 2. The maximum absolute atomic E-state index is 12.3. The van der Waals surface area contributed by atoms with Gasteiger partial charge in [0.2, 0.25) is 11.8 Å². The molecule has 2 amide bonds. The minimum absolute atomic E-state index is 0.0108. The van der Waals surface area contributed by atoms with Crippen LogP contribution in [-0.2, 0) is 34.6 Å². The fourth-order valence-corrected chi connectivity index (χ4v) is 5.49. The smallest absolute Gasteiger partial charge is 0.266 e. The van der Waals surface area contributed by atoms with Crippen molar-refractivity contribution in [3.05, 3.63) is 29.3 Å². The number of hydrogen-bond donors (Lipinski definition) is 4. The highest BCUT2D eigenvalue weighted by Crippen LogP contribution is 2.41. The van der Waals surface area contributed by atoms with Gasteiger partial charge in [-0.05, 0) is 41.9 Å². The predicted octanol–water partition coefficient (Wildman–Crippen LogP) is 2.36. The van der Waals surface area contributed by atoms with E-state index in [1.165, 1.54) is 11.1 Å². The number of nitrogens with two attached hydrogens (primary N) is 1. The summed E-state index contributed by atoms with van der Waals surface area (Å²) in [5, 5.41) is 5.54. The fraction of sp³-hybridized carbons (Fsp3) is 0.636. The van der Waals surface area contributed by atoms with Crippen LogP contribution in [0.1, 0.15) is 44.1 Å². The summed E-state index contributed by atoms with van der Waals surface area (Å²) in [5.74, 6) is -1.84. The molecule has 0 saturated carbocycles. The number of benzene rings is 1. The van der Waals surface area contributed by atoms with Crippen molar-refractivity contribution in [3.63, 3.8) is 0 Å². The van der Waals surface area contributed by atoms with Gasteiger partial charge in [-0.3, -0.25) is 14.1 Å². The van der Waals surface area contributed by atoms with E-state index in [-0.39, 0.29) is 49.5 Å². The van der Waals surface area contributed by atoms with Crippen LogP contribution in [0.4, 0.5) is 5.69 Å². The molecule has 2 unspecified atom stereocenters. The lowest BCUT2D eigenvalue weighted by Gasteiger charge is -2.26. The van der Waals surface area contributed by atoms with E-state index < -0.39 is 27.8 Å². The molecule has 0 radical (unpaired) electrons. The van der Waals surface area contributed by atoms with Crippen LogP contribution in [0.5, 0.6) is 0 Å². The van der Waals surface area contributed by atoms with Gasteiger partial charge in [-0.15, -0.1) is 0 Å². The third-order valence-electron chi connectivity index (χ3n) is 4.70. The molecule has 0 spiro atoms. The molecule has 0 aliphatic heterocycles. The molecule has 5 N–H and O–H groups in total. The van der Waals surface area contributed by atoms with Crippen molar-refractivity contribution in [2.24, 2.45) is 5.73 Å². The van der Waals surface area contributed by atoms with Gasteiger partial charge in [0.1, 0.15) is 12.6 Å². The molecule has 0 bridgehead atoms. The first-order valence-corrected chi connectivity index (χ1v) is 15.2. The van der Waals surface area contributed by atoms with Gasteiger partial charge in [0.25, 0.3) is 10.1 Å². The first kappa shape index (κ1) is 31.7. The van der Waals surface area contributed by atoms with Crippen molar-refractivity contribution < 1.29 is 32.0 Å². The van der Waals surface area contributed by atoms with Crippen molar-refractivity contribution in [2.45, 2.75) is 44.4 Å².